The SMILES string of the molecule is C[C@H](N[C@H](C)c1ccc2c(c1)OCO2)C(O)=[OH+]. The van der Waals surface area contributed by atoms with Crippen molar-refractivity contribution in [2.45, 2.75) is 25.9 Å². The highest BCUT2D eigenvalue weighted by atomic mass is 16.7. The van der Waals surface area contributed by atoms with Crippen LogP contribution in [0.3, 0.4) is 0 Å². The first kappa shape index (κ1) is 11.7. The topological polar surface area (TPSA) is 72.1 Å². The largest absolute Gasteiger partial charge is 0.498 e. The predicted molar refractivity (Wildman–Crippen MR) is 63.1 cm³/mol. The monoisotopic (exact) mass is 238 g/mol. The molecule has 0 aromatic heterocycles. The lowest BCUT2D eigenvalue weighted by Gasteiger charge is -2.15. The standard InChI is InChI=1S/C12H15NO4/c1-7(13-8(2)12(14)15)9-3-4-10-11(5-9)17-6-16-10/h3-5,7-8,13H,6H2,1-2H3,(H,14,15)/p+1/t7-,8+/m1/s1. The molecule has 1 aromatic carbocycles. The highest BCUT2D eigenvalue weighted by Crippen LogP contribution is 2.34. The van der Waals surface area contributed by atoms with E-state index in [0.29, 0.717) is 0 Å². The number of carboxylic acid groups (broad SMARTS) is 1. The van der Waals surface area contributed by atoms with Gasteiger partial charge in [0.2, 0.25) is 6.79 Å². The minimum Gasteiger partial charge on any atom is -0.454 e. The fourth-order valence-electron chi connectivity index (χ4n) is 1.73. The van der Waals surface area contributed by atoms with Crippen molar-refractivity contribution in [3.05, 3.63) is 23.8 Å². The number of nitrogens with one attached hydrogen (secondary N) is 1. The van der Waals surface area contributed by atoms with Crippen LogP contribution in [0.4, 0.5) is 0 Å². The molecule has 0 spiro atoms. The third kappa shape index (κ3) is 2.50. The zero-order valence-corrected chi connectivity index (χ0v) is 9.80. The average molecular weight is 238 g/mol. The van der Waals surface area contributed by atoms with E-state index in [1.165, 1.54) is 0 Å². The smallest absolute Gasteiger partial charge is 0.454 e. The Morgan fingerprint density at radius 1 is 1.35 bits per heavy atom. The van der Waals surface area contributed by atoms with Gasteiger partial charge in [-0.1, -0.05) is 6.07 Å². The third-order valence-electron chi connectivity index (χ3n) is 2.78. The maximum Gasteiger partial charge on any atom is 0.498 e. The Morgan fingerprint density at radius 3 is 2.76 bits per heavy atom. The summed E-state index contributed by atoms with van der Waals surface area (Å²) < 4.78 is 10.5. The number of hydrogen-bond acceptors (Lipinski definition) is 3. The molecule has 2 rings (SSSR count). The number of ether oxygens (including phenoxy) is 2. The minimum absolute atomic E-state index is 0.0196. The number of aliphatic hydroxyl groups excluding tert-OH is 1. The number of benzene rings is 1. The highest BCUT2D eigenvalue weighted by molar-refractivity contribution is 5.74. The summed E-state index contributed by atoms with van der Waals surface area (Å²) in [5, 5.41) is 12.0. The minimum atomic E-state index is -0.613. The van der Waals surface area contributed by atoms with Crippen molar-refractivity contribution < 1.29 is 19.4 Å². The van der Waals surface area contributed by atoms with Crippen LogP contribution in [0.2, 0.25) is 0 Å². The highest BCUT2D eigenvalue weighted by Gasteiger charge is 2.21. The van der Waals surface area contributed by atoms with Gasteiger partial charge in [0.05, 0.1) is 0 Å². The molecule has 1 aliphatic heterocycles. The van der Waals surface area contributed by atoms with E-state index in [-0.39, 0.29) is 12.8 Å². The second-order valence-electron chi connectivity index (χ2n) is 4.08. The number of aliphatic carboxylic acids is 1. The lowest BCUT2D eigenvalue weighted by molar-refractivity contribution is 0.174. The molecule has 0 unspecified atom stereocenters. The van der Waals surface area contributed by atoms with Crippen molar-refractivity contribution in [3.63, 3.8) is 0 Å². The Kier molecular flexibility index (Phi) is 3.19. The van der Waals surface area contributed by atoms with E-state index in [4.69, 9.17) is 19.4 Å². The summed E-state index contributed by atoms with van der Waals surface area (Å²) in [5.41, 5.74) is 1.00. The van der Waals surface area contributed by atoms with Crippen LogP contribution in [-0.2, 0) is 0 Å². The zero-order chi connectivity index (χ0) is 12.4. The molecule has 0 fully saturated rings. The van der Waals surface area contributed by atoms with Crippen LogP contribution in [0.25, 0.3) is 0 Å². The molecule has 1 aliphatic rings. The van der Waals surface area contributed by atoms with E-state index >= 15 is 0 Å². The van der Waals surface area contributed by atoms with Crippen LogP contribution in [0, 0.1) is 0 Å². The molecule has 5 nitrogen and oxygen atoms in total. The van der Waals surface area contributed by atoms with Crippen LogP contribution in [0.5, 0.6) is 11.5 Å². The summed E-state index contributed by atoms with van der Waals surface area (Å²) in [7, 11) is 0. The number of hydrogen-bond donors (Lipinski definition) is 2. The van der Waals surface area contributed by atoms with Crippen molar-refractivity contribution in [1.29, 1.82) is 0 Å². The van der Waals surface area contributed by atoms with E-state index in [1.54, 1.807) is 6.92 Å². The lowest BCUT2D eigenvalue weighted by Crippen LogP contribution is -2.35. The van der Waals surface area contributed by atoms with Crippen molar-refractivity contribution in [2.75, 3.05) is 6.79 Å². The molecule has 1 heterocycles. The summed E-state index contributed by atoms with van der Waals surface area (Å²) in [6, 6.07) is 5.17. The zero-order valence-electron chi connectivity index (χ0n) is 9.80. The predicted octanol–water partition coefficient (Wildman–Crippen LogP) is 1.51. The first-order chi connectivity index (χ1) is 8.08. The molecule has 0 saturated heterocycles. The van der Waals surface area contributed by atoms with Gasteiger partial charge in [-0.05, 0) is 31.5 Å². The van der Waals surface area contributed by atoms with Gasteiger partial charge in [-0.2, -0.15) is 0 Å². The van der Waals surface area contributed by atoms with E-state index < -0.39 is 12.0 Å². The summed E-state index contributed by atoms with van der Waals surface area (Å²) in [6.07, 6.45) is 0. The Morgan fingerprint density at radius 2 is 2.06 bits per heavy atom. The fourth-order valence-corrected chi connectivity index (χ4v) is 1.73. The maximum atomic E-state index is 8.94. The summed E-state index contributed by atoms with van der Waals surface area (Å²) in [5.74, 6) is 0.851. The lowest BCUT2D eigenvalue weighted by atomic mass is 10.1. The van der Waals surface area contributed by atoms with Crippen LogP contribution >= 0.6 is 0 Å². The van der Waals surface area contributed by atoms with E-state index in [1.807, 2.05) is 25.1 Å². The third-order valence-corrected chi connectivity index (χ3v) is 2.78. The molecule has 0 aliphatic carbocycles. The van der Waals surface area contributed by atoms with Crippen LogP contribution in [0.1, 0.15) is 25.5 Å². The van der Waals surface area contributed by atoms with Gasteiger partial charge >= 0.3 is 5.97 Å². The van der Waals surface area contributed by atoms with Gasteiger partial charge in [0.1, 0.15) is 0 Å². The summed E-state index contributed by atoms with van der Waals surface area (Å²) >= 11 is 0. The van der Waals surface area contributed by atoms with Crippen molar-refractivity contribution in [2.24, 2.45) is 0 Å². The van der Waals surface area contributed by atoms with Crippen LogP contribution < -0.4 is 14.8 Å². The Labute approximate surface area is 99.3 Å². The first-order valence-corrected chi connectivity index (χ1v) is 5.48. The summed E-state index contributed by atoms with van der Waals surface area (Å²) in [6.45, 7) is 3.87. The molecule has 3 N–H and O–H groups in total. The van der Waals surface area contributed by atoms with Gasteiger partial charge in [0.15, 0.2) is 17.5 Å². The molecular weight excluding hydrogens is 222 g/mol. The number of rotatable bonds is 4. The summed E-state index contributed by atoms with van der Waals surface area (Å²) in [4.78, 5) is 8.94. The van der Waals surface area contributed by atoms with Gasteiger partial charge in [-0.3, -0.25) is 5.32 Å². The number of carboxylic acids is 1. The quantitative estimate of drug-likeness (QED) is 0.780. The number of fused-ring (bicyclic) bond motifs is 1. The molecular formula is C12H16NO4+. The normalized spacial score (nSPS) is 16.6. The van der Waals surface area contributed by atoms with E-state index in [2.05, 4.69) is 5.32 Å². The van der Waals surface area contributed by atoms with Gasteiger partial charge in [-0.15, -0.1) is 0 Å². The molecule has 1 aromatic rings. The second kappa shape index (κ2) is 4.63. The molecule has 92 valence electrons. The van der Waals surface area contributed by atoms with Gasteiger partial charge < -0.3 is 19.4 Å². The second-order valence-corrected chi connectivity index (χ2v) is 4.08. The Hall–Kier alpha value is -1.75. The van der Waals surface area contributed by atoms with E-state index in [0.717, 1.165) is 17.1 Å². The molecule has 5 heteroatoms. The van der Waals surface area contributed by atoms with Crippen molar-refractivity contribution >= 4 is 5.97 Å². The maximum absolute atomic E-state index is 8.94. The van der Waals surface area contributed by atoms with Gasteiger partial charge in [0.25, 0.3) is 0 Å². The molecule has 0 radical (unpaired) electrons. The Bertz CT molecular complexity index is 433. The molecule has 0 bridgehead atoms. The average Bonchev–Trinajstić information content (AvgIpc) is 2.75. The Balaban J connectivity index is 2.09. The fraction of sp³-hybridized carbons (Fsp3) is 0.417. The van der Waals surface area contributed by atoms with E-state index in [9.17, 15) is 0 Å². The van der Waals surface area contributed by atoms with Crippen LogP contribution in [0.15, 0.2) is 18.2 Å². The van der Waals surface area contributed by atoms with Crippen molar-refractivity contribution in [1.82, 2.24) is 5.32 Å². The van der Waals surface area contributed by atoms with Crippen LogP contribution in [-0.4, -0.2) is 28.7 Å². The molecule has 17 heavy (non-hydrogen) atoms. The van der Waals surface area contributed by atoms with Gasteiger partial charge in [0, 0.05) is 6.04 Å². The molecule has 0 amide bonds. The molecule has 2 atom stereocenters. The van der Waals surface area contributed by atoms with Crippen molar-refractivity contribution in [3.8, 4) is 11.5 Å². The first-order valence-electron chi connectivity index (χ1n) is 5.48. The van der Waals surface area contributed by atoms with Gasteiger partial charge in [-0.25, -0.2) is 0 Å². The molecule has 0 saturated carbocycles.